The Morgan fingerprint density at radius 2 is 2.00 bits per heavy atom. The first-order valence-electron chi connectivity index (χ1n) is 3.48. The van der Waals surface area contributed by atoms with Gasteiger partial charge < -0.3 is 10.6 Å². The number of hydrogen-bond acceptors (Lipinski definition) is 3. The first-order chi connectivity index (χ1) is 5.70. The van der Waals surface area contributed by atoms with Gasteiger partial charge in [-0.1, -0.05) is 0 Å². The highest BCUT2D eigenvalue weighted by atomic mass is 15.2. The van der Waals surface area contributed by atoms with Crippen molar-refractivity contribution in [3.63, 3.8) is 0 Å². The fourth-order valence-electron chi connectivity index (χ4n) is 0.551. The molecule has 0 aliphatic carbocycles. The lowest BCUT2D eigenvalue weighted by molar-refractivity contribution is 0.614. The SMILES string of the molecule is CN(C)C(N)=Nc1ncccn1. The average Bonchev–Trinajstić information content (AvgIpc) is 2.06. The number of rotatable bonds is 1. The van der Waals surface area contributed by atoms with Gasteiger partial charge in [0, 0.05) is 26.5 Å². The summed E-state index contributed by atoms with van der Waals surface area (Å²) in [5.41, 5.74) is 5.54. The van der Waals surface area contributed by atoms with Gasteiger partial charge in [-0.3, -0.25) is 0 Å². The van der Waals surface area contributed by atoms with Crippen LogP contribution in [0.5, 0.6) is 0 Å². The van der Waals surface area contributed by atoms with Gasteiger partial charge >= 0.3 is 0 Å². The van der Waals surface area contributed by atoms with Crippen LogP contribution >= 0.6 is 0 Å². The molecule has 0 fully saturated rings. The zero-order valence-corrected chi connectivity index (χ0v) is 7.10. The van der Waals surface area contributed by atoms with E-state index in [1.54, 1.807) is 23.4 Å². The van der Waals surface area contributed by atoms with E-state index in [2.05, 4.69) is 15.0 Å². The summed E-state index contributed by atoms with van der Waals surface area (Å²) >= 11 is 0. The quantitative estimate of drug-likeness (QED) is 0.469. The molecule has 2 N–H and O–H groups in total. The van der Waals surface area contributed by atoms with Crippen LogP contribution in [0.1, 0.15) is 0 Å². The molecular weight excluding hydrogens is 154 g/mol. The smallest absolute Gasteiger partial charge is 0.252 e. The molecule has 5 nitrogen and oxygen atoms in total. The van der Waals surface area contributed by atoms with Gasteiger partial charge in [-0.05, 0) is 6.07 Å². The van der Waals surface area contributed by atoms with E-state index < -0.39 is 0 Å². The summed E-state index contributed by atoms with van der Waals surface area (Å²) in [6.07, 6.45) is 3.24. The minimum Gasteiger partial charge on any atom is -0.369 e. The number of aliphatic imine (C=N–C) groups is 1. The third kappa shape index (κ3) is 2.19. The van der Waals surface area contributed by atoms with Gasteiger partial charge in [-0.2, -0.15) is 4.99 Å². The number of nitrogens with two attached hydrogens (primary N) is 1. The normalized spacial score (nSPS) is 11.3. The van der Waals surface area contributed by atoms with Crippen molar-refractivity contribution in [3.05, 3.63) is 18.5 Å². The summed E-state index contributed by atoms with van der Waals surface area (Å²) in [7, 11) is 3.61. The molecule has 0 aliphatic rings. The van der Waals surface area contributed by atoms with Gasteiger partial charge in [0.05, 0.1) is 0 Å². The second kappa shape index (κ2) is 3.66. The van der Waals surface area contributed by atoms with Crippen molar-refractivity contribution in [1.82, 2.24) is 14.9 Å². The largest absolute Gasteiger partial charge is 0.369 e. The van der Waals surface area contributed by atoms with Crippen molar-refractivity contribution < 1.29 is 0 Å². The van der Waals surface area contributed by atoms with Crippen molar-refractivity contribution in [2.24, 2.45) is 10.7 Å². The molecule has 0 radical (unpaired) electrons. The predicted octanol–water partition coefficient (Wildman–Crippen LogP) is -0.0156. The molecule has 0 saturated carbocycles. The Kier molecular flexibility index (Phi) is 2.57. The first-order valence-corrected chi connectivity index (χ1v) is 3.48. The van der Waals surface area contributed by atoms with Crippen molar-refractivity contribution in [2.75, 3.05) is 14.1 Å². The summed E-state index contributed by atoms with van der Waals surface area (Å²) in [6.45, 7) is 0. The Balaban J connectivity index is 2.81. The Hall–Kier alpha value is -1.65. The molecule has 1 rings (SSSR count). The molecule has 0 spiro atoms. The maximum absolute atomic E-state index is 5.54. The molecule has 5 heteroatoms. The van der Waals surface area contributed by atoms with Crippen LogP contribution in [0, 0.1) is 0 Å². The van der Waals surface area contributed by atoms with Crippen LogP contribution in [0.4, 0.5) is 5.95 Å². The second-order valence-corrected chi connectivity index (χ2v) is 2.41. The maximum atomic E-state index is 5.54. The molecule has 0 amide bonds. The highest BCUT2D eigenvalue weighted by Crippen LogP contribution is 1.98. The van der Waals surface area contributed by atoms with E-state index in [1.807, 2.05) is 14.1 Å². The number of aromatic nitrogens is 2. The summed E-state index contributed by atoms with van der Waals surface area (Å²) in [4.78, 5) is 13.4. The lowest BCUT2D eigenvalue weighted by Crippen LogP contribution is -2.29. The number of guanidine groups is 1. The highest BCUT2D eigenvalue weighted by Gasteiger charge is 1.95. The van der Waals surface area contributed by atoms with Crippen LogP contribution in [0.25, 0.3) is 0 Å². The standard InChI is InChI=1S/C7H11N5/c1-12(2)6(8)11-7-9-4-3-5-10-7/h3-5H,1-2H3,(H2,8,9,10,11). The van der Waals surface area contributed by atoms with Crippen LogP contribution in [-0.2, 0) is 0 Å². The zero-order valence-electron chi connectivity index (χ0n) is 7.10. The lowest BCUT2D eigenvalue weighted by atomic mass is 10.7. The van der Waals surface area contributed by atoms with Crippen LogP contribution < -0.4 is 5.73 Å². The summed E-state index contributed by atoms with van der Waals surface area (Å²) in [5, 5.41) is 0. The topological polar surface area (TPSA) is 67.4 Å². The molecule has 64 valence electrons. The monoisotopic (exact) mass is 165 g/mol. The first kappa shape index (κ1) is 8.45. The van der Waals surface area contributed by atoms with Crippen molar-refractivity contribution in [1.29, 1.82) is 0 Å². The third-order valence-electron chi connectivity index (χ3n) is 1.22. The van der Waals surface area contributed by atoms with Gasteiger partial charge in [0.15, 0.2) is 5.96 Å². The van der Waals surface area contributed by atoms with E-state index in [1.165, 1.54) is 0 Å². The van der Waals surface area contributed by atoms with Crippen LogP contribution in [0.2, 0.25) is 0 Å². The highest BCUT2D eigenvalue weighted by molar-refractivity contribution is 5.79. The van der Waals surface area contributed by atoms with E-state index in [-0.39, 0.29) is 0 Å². The Labute approximate surface area is 71.0 Å². The molecular formula is C7H11N5. The molecule has 0 atom stereocenters. The molecule has 0 unspecified atom stereocenters. The van der Waals surface area contributed by atoms with Gasteiger partial charge in [-0.25, -0.2) is 9.97 Å². The molecule has 0 bridgehead atoms. The Morgan fingerprint density at radius 1 is 1.42 bits per heavy atom. The van der Waals surface area contributed by atoms with Crippen molar-refractivity contribution in [2.45, 2.75) is 0 Å². The fourth-order valence-corrected chi connectivity index (χ4v) is 0.551. The molecule has 1 heterocycles. The van der Waals surface area contributed by atoms with Crippen molar-refractivity contribution in [3.8, 4) is 0 Å². The van der Waals surface area contributed by atoms with E-state index in [4.69, 9.17) is 5.73 Å². The van der Waals surface area contributed by atoms with Crippen LogP contribution in [0.3, 0.4) is 0 Å². The zero-order chi connectivity index (χ0) is 8.97. The maximum Gasteiger partial charge on any atom is 0.252 e. The summed E-state index contributed by atoms with van der Waals surface area (Å²) in [6, 6.07) is 1.73. The fraction of sp³-hybridized carbons (Fsp3) is 0.286. The van der Waals surface area contributed by atoms with Gasteiger partial charge in [0.2, 0.25) is 0 Å². The molecule has 1 aromatic rings. The van der Waals surface area contributed by atoms with Crippen LogP contribution in [-0.4, -0.2) is 34.9 Å². The predicted molar refractivity (Wildman–Crippen MR) is 47.0 cm³/mol. The molecule has 12 heavy (non-hydrogen) atoms. The summed E-state index contributed by atoms with van der Waals surface area (Å²) in [5.74, 6) is 0.768. The number of nitrogens with zero attached hydrogens (tertiary/aromatic N) is 4. The van der Waals surface area contributed by atoms with Gasteiger partial charge in [0.1, 0.15) is 0 Å². The Morgan fingerprint density at radius 3 is 2.50 bits per heavy atom. The molecule has 0 saturated heterocycles. The van der Waals surface area contributed by atoms with E-state index in [0.29, 0.717) is 11.9 Å². The lowest BCUT2D eigenvalue weighted by Gasteiger charge is -2.08. The minimum absolute atomic E-state index is 0.378. The van der Waals surface area contributed by atoms with Crippen LogP contribution in [0.15, 0.2) is 23.5 Å². The number of hydrogen-bond donors (Lipinski definition) is 1. The third-order valence-corrected chi connectivity index (χ3v) is 1.22. The van der Waals surface area contributed by atoms with E-state index >= 15 is 0 Å². The summed E-state index contributed by atoms with van der Waals surface area (Å²) < 4.78 is 0. The Bertz CT molecular complexity index is 266. The molecule has 0 aliphatic heterocycles. The van der Waals surface area contributed by atoms with Gasteiger partial charge in [-0.15, -0.1) is 0 Å². The molecule has 0 aromatic carbocycles. The second-order valence-electron chi connectivity index (χ2n) is 2.41. The van der Waals surface area contributed by atoms with E-state index in [0.717, 1.165) is 0 Å². The molecule has 1 aromatic heterocycles. The average molecular weight is 165 g/mol. The minimum atomic E-state index is 0.378. The van der Waals surface area contributed by atoms with E-state index in [9.17, 15) is 0 Å². The van der Waals surface area contributed by atoms with Crippen molar-refractivity contribution >= 4 is 11.9 Å². The van der Waals surface area contributed by atoms with Gasteiger partial charge in [0.25, 0.3) is 5.95 Å².